The van der Waals surface area contributed by atoms with Crippen LogP contribution in [0.25, 0.3) is 0 Å². The average Bonchev–Trinajstić information content (AvgIpc) is 2.46. The molecule has 1 aromatic rings. The smallest absolute Gasteiger partial charge is 0.151 e. The Morgan fingerprint density at radius 2 is 2.10 bits per heavy atom. The van der Waals surface area contributed by atoms with Crippen molar-refractivity contribution in [1.29, 1.82) is 0 Å². The van der Waals surface area contributed by atoms with Crippen LogP contribution >= 0.6 is 0 Å². The van der Waals surface area contributed by atoms with Gasteiger partial charge in [-0.1, -0.05) is 0 Å². The van der Waals surface area contributed by atoms with Crippen LogP contribution in [0.4, 0.5) is 5.69 Å². The standard InChI is InChI=1S/C15H19N3O2/c1-11(19)8-17-13-7-14(10-16-9-13)18-12-3-5-15(20-2)6-4-12/h3-7,16,18H,8-10H2,1-2H3. The van der Waals surface area contributed by atoms with Crippen molar-refractivity contribution in [3.63, 3.8) is 0 Å². The predicted molar refractivity (Wildman–Crippen MR) is 80.6 cm³/mol. The lowest BCUT2D eigenvalue weighted by Crippen LogP contribution is -2.32. The van der Waals surface area contributed by atoms with Crippen molar-refractivity contribution < 1.29 is 9.53 Å². The highest BCUT2D eigenvalue weighted by Crippen LogP contribution is 2.16. The highest BCUT2D eigenvalue weighted by Gasteiger charge is 2.08. The van der Waals surface area contributed by atoms with E-state index in [-0.39, 0.29) is 12.3 Å². The zero-order valence-corrected chi connectivity index (χ0v) is 11.8. The van der Waals surface area contributed by atoms with Crippen LogP contribution in [0.1, 0.15) is 6.92 Å². The van der Waals surface area contributed by atoms with Crippen LogP contribution < -0.4 is 15.4 Å². The topological polar surface area (TPSA) is 62.7 Å². The summed E-state index contributed by atoms with van der Waals surface area (Å²) in [6, 6.07) is 7.73. The number of aliphatic imine (C=N–C) groups is 1. The van der Waals surface area contributed by atoms with E-state index in [0.717, 1.165) is 29.4 Å². The van der Waals surface area contributed by atoms with Gasteiger partial charge in [0.25, 0.3) is 0 Å². The minimum atomic E-state index is 0.0705. The first kappa shape index (κ1) is 14.3. The first-order valence-electron chi connectivity index (χ1n) is 6.52. The molecule has 0 spiro atoms. The second-order valence-corrected chi connectivity index (χ2v) is 4.64. The van der Waals surface area contributed by atoms with E-state index in [1.165, 1.54) is 0 Å². The van der Waals surface area contributed by atoms with Crippen molar-refractivity contribution in [2.45, 2.75) is 6.92 Å². The molecule has 0 aliphatic carbocycles. The number of methoxy groups -OCH3 is 1. The fraction of sp³-hybridized carbons (Fsp3) is 0.333. The van der Waals surface area contributed by atoms with Gasteiger partial charge in [-0.2, -0.15) is 0 Å². The van der Waals surface area contributed by atoms with Gasteiger partial charge in [-0.05, 0) is 37.3 Å². The minimum Gasteiger partial charge on any atom is -0.497 e. The lowest BCUT2D eigenvalue weighted by Gasteiger charge is -2.18. The van der Waals surface area contributed by atoms with Gasteiger partial charge in [0, 0.05) is 24.5 Å². The van der Waals surface area contributed by atoms with E-state index in [0.29, 0.717) is 6.54 Å². The van der Waals surface area contributed by atoms with E-state index in [1.807, 2.05) is 30.3 Å². The first-order valence-corrected chi connectivity index (χ1v) is 6.52. The number of ketones is 1. The van der Waals surface area contributed by atoms with Gasteiger partial charge in [0.05, 0.1) is 19.4 Å². The SMILES string of the molecule is COc1ccc(NC2=CC(=NCC(C)=O)CNC2)cc1. The third-order valence-electron chi connectivity index (χ3n) is 2.86. The lowest BCUT2D eigenvalue weighted by atomic mass is 10.2. The Hall–Kier alpha value is -2.14. The molecule has 1 heterocycles. The van der Waals surface area contributed by atoms with Crippen molar-refractivity contribution in [1.82, 2.24) is 5.32 Å². The molecule has 0 saturated carbocycles. The molecule has 1 aromatic carbocycles. The van der Waals surface area contributed by atoms with E-state index in [1.54, 1.807) is 14.0 Å². The maximum atomic E-state index is 10.9. The number of hydrogen-bond donors (Lipinski definition) is 2. The summed E-state index contributed by atoms with van der Waals surface area (Å²) in [5, 5.41) is 6.58. The van der Waals surface area contributed by atoms with Crippen LogP contribution in [0, 0.1) is 0 Å². The molecule has 0 atom stereocenters. The van der Waals surface area contributed by atoms with Crippen LogP contribution in [0.3, 0.4) is 0 Å². The minimum absolute atomic E-state index is 0.0705. The maximum Gasteiger partial charge on any atom is 0.151 e. The Morgan fingerprint density at radius 3 is 2.75 bits per heavy atom. The first-order chi connectivity index (χ1) is 9.67. The summed E-state index contributed by atoms with van der Waals surface area (Å²) >= 11 is 0. The lowest BCUT2D eigenvalue weighted by molar-refractivity contribution is -0.115. The van der Waals surface area contributed by atoms with Crippen molar-refractivity contribution in [3.8, 4) is 5.75 Å². The number of Topliss-reactive ketones (excluding diaryl/α,β-unsaturated/α-hetero) is 1. The summed E-state index contributed by atoms with van der Waals surface area (Å²) in [5.74, 6) is 0.899. The highest BCUT2D eigenvalue weighted by molar-refractivity contribution is 5.99. The molecule has 2 N–H and O–H groups in total. The van der Waals surface area contributed by atoms with Crippen LogP contribution in [-0.4, -0.2) is 38.2 Å². The van der Waals surface area contributed by atoms with Gasteiger partial charge >= 0.3 is 0 Å². The number of ether oxygens (including phenoxy) is 1. The molecule has 0 radical (unpaired) electrons. The number of rotatable bonds is 5. The molecule has 0 unspecified atom stereocenters. The average molecular weight is 273 g/mol. The predicted octanol–water partition coefficient (Wildman–Crippen LogP) is 1.62. The molecule has 5 heteroatoms. The molecule has 1 aliphatic heterocycles. The van der Waals surface area contributed by atoms with Crippen LogP contribution in [0.15, 0.2) is 41.0 Å². The van der Waals surface area contributed by atoms with Gasteiger partial charge in [-0.3, -0.25) is 9.79 Å². The third kappa shape index (κ3) is 4.20. The summed E-state index contributed by atoms with van der Waals surface area (Å²) < 4.78 is 5.12. The van der Waals surface area contributed by atoms with Gasteiger partial charge in [0.15, 0.2) is 5.78 Å². The molecule has 0 saturated heterocycles. The third-order valence-corrected chi connectivity index (χ3v) is 2.86. The number of carbonyl (C=O) groups excluding carboxylic acids is 1. The molecule has 5 nitrogen and oxygen atoms in total. The molecule has 1 aliphatic rings. The molecule has 0 bridgehead atoms. The van der Waals surface area contributed by atoms with Gasteiger partial charge in [-0.15, -0.1) is 0 Å². The number of hydrogen-bond acceptors (Lipinski definition) is 5. The van der Waals surface area contributed by atoms with Crippen LogP contribution in [0.2, 0.25) is 0 Å². The Balaban J connectivity index is 2.03. The molecule has 0 fully saturated rings. The largest absolute Gasteiger partial charge is 0.497 e. The highest BCUT2D eigenvalue weighted by atomic mass is 16.5. The summed E-state index contributed by atoms with van der Waals surface area (Å²) in [7, 11) is 1.65. The van der Waals surface area contributed by atoms with Crippen molar-refractivity contribution >= 4 is 17.2 Å². The fourth-order valence-corrected chi connectivity index (χ4v) is 1.88. The Morgan fingerprint density at radius 1 is 1.35 bits per heavy atom. The summed E-state index contributed by atoms with van der Waals surface area (Å²) in [6.45, 7) is 3.23. The summed E-state index contributed by atoms with van der Waals surface area (Å²) in [6.07, 6.45) is 1.99. The van der Waals surface area contributed by atoms with Crippen LogP contribution in [0.5, 0.6) is 5.75 Å². The number of nitrogens with one attached hydrogen (secondary N) is 2. The van der Waals surface area contributed by atoms with E-state index in [9.17, 15) is 4.79 Å². The second-order valence-electron chi connectivity index (χ2n) is 4.64. The van der Waals surface area contributed by atoms with Crippen molar-refractivity contribution in [2.24, 2.45) is 4.99 Å². The Bertz CT molecular complexity index is 533. The van der Waals surface area contributed by atoms with E-state index in [2.05, 4.69) is 15.6 Å². The number of anilines is 1. The van der Waals surface area contributed by atoms with Crippen LogP contribution in [-0.2, 0) is 4.79 Å². The quantitative estimate of drug-likeness (QED) is 0.856. The van der Waals surface area contributed by atoms with Gasteiger partial charge in [0.1, 0.15) is 5.75 Å². The number of nitrogens with zero attached hydrogens (tertiary/aromatic N) is 1. The monoisotopic (exact) mass is 273 g/mol. The van der Waals surface area contributed by atoms with Gasteiger partial charge < -0.3 is 15.4 Å². The van der Waals surface area contributed by atoms with Gasteiger partial charge in [0.2, 0.25) is 0 Å². The normalized spacial score (nSPS) is 16.7. The number of benzene rings is 1. The van der Waals surface area contributed by atoms with Gasteiger partial charge in [-0.25, -0.2) is 0 Å². The van der Waals surface area contributed by atoms with Crippen molar-refractivity contribution in [3.05, 3.63) is 36.0 Å². The fourth-order valence-electron chi connectivity index (χ4n) is 1.88. The Labute approximate surface area is 118 Å². The Kier molecular flexibility index (Phi) is 4.90. The number of carbonyl (C=O) groups is 1. The summed E-state index contributed by atoms with van der Waals surface area (Å²) in [4.78, 5) is 15.2. The second kappa shape index (κ2) is 6.86. The van der Waals surface area contributed by atoms with E-state index < -0.39 is 0 Å². The van der Waals surface area contributed by atoms with E-state index >= 15 is 0 Å². The zero-order chi connectivity index (χ0) is 14.4. The van der Waals surface area contributed by atoms with E-state index in [4.69, 9.17) is 4.74 Å². The molecule has 106 valence electrons. The molecular weight excluding hydrogens is 254 g/mol. The zero-order valence-electron chi connectivity index (χ0n) is 11.8. The molecule has 2 rings (SSSR count). The molecule has 20 heavy (non-hydrogen) atoms. The summed E-state index contributed by atoms with van der Waals surface area (Å²) in [5.41, 5.74) is 2.91. The molecule has 0 aromatic heterocycles. The maximum absolute atomic E-state index is 10.9. The molecule has 0 amide bonds. The van der Waals surface area contributed by atoms with Crippen molar-refractivity contribution in [2.75, 3.05) is 32.1 Å². The molecular formula is C15H19N3O2.